The molecule has 6 nitrogen and oxygen atoms in total. The number of rotatable bonds is 4. The molecule has 0 N–H and O–H groups in total. The second-order valence-electron chi connectivity index (χ2n) is 2.88. The number of nitro groups is 1. The van der Waals surface area contributed by atoms with E-state index in [0.29, 0.717) is 5.57 Å². The number of nitrogens with zero attached hydrogens (tertiary/aromatic N) is 1. The van der Waals surface area contributed by atoms with Gasteiger partial charge >= 0.3 is 7.60 Å². The Morgan fingerprint density at radius 2 is 1.88 bits per heavy atom. The predicted octanol–water partition coefficient (Wildman–Crippen LogP) is 2.29. The van der Waals surface area contributed by atoms with Crippen LogP contribution in [0.1, 0.15) is 0 Å². The fraction of sp³-hybridized carbons (Fsp3) is 0.222. The van der Waals surface area contributed by atoms with Crippen LogP contribution in [-0.4, -0.2) is 19.1 Å². The second-order valence-corrected chi connectivity index (χ2v) is 4.95. The second kappa shape index (κ2) is 5.12. The molecule has 0 saturated heterocycles. The molecule has 1 aliphatic carbocycles. The highest BCUT2D eigenvalue weighted by atomic mass is 31.2. The first-order valence-electron chi connectivity index (χ1n) is 4.32. The molecule has 0 radical (unpaired) electrons. The highest BCUT2D eigenvalue weighted by Crippen LogP contribution is 2.49. The Morgan fingerprint density at radius 3 is 2.25 bits per heavy atom. The molecule has 16 heavy (non-hydrogen) atoms. The topological polar surface area (TPSA) is 78.7 Å². The largest absolute Gasteiger partial charge is 0.352 e. The summed E-state index contributed by atoms with van der Waals surface area (Å²) in [6, 6.07) is -0.0261. The van der Waals surface area contributed by atoms with Crippen molar-refractivity contribution in [2.24, 2.45) is 0 Å². The van der Waals surface area contributed by atoms with Gasteiger partial charge in [0.2, 0.25) is 0 Å². The van der Waals surface area contributed by atoms with Crippen molar-refractivity contribution >= 4 is 7.60 Å². The summed E-state index contributed by atoms with van der Waals surface area (Å²) in [4.78, 5) is 9.90. The zero-order valence-corrected chi connectivity index (χ0v) is 9.72. The Kier molecular flexibility index (Phi) is 4.06. The smallest absolute Gasteiger partial charge is 0.309 e. The van der Waals surface area contributed by atoms with Crippen LogP contribution >= 0.6 is 7.60 Å². The van der Waals surface area contributed by atoms with E-state index < -0.39 is 12.5 Å². The minimum absolute atomic E-state index is 0.0261. The van der Waals surface area contributed by atoms with Crippen LogP contribution in [0.15, 0.2) is 35.7 Å². The number of hydrogen-bond donors (Lipinski definition) is 0. The van der Waals surface area contributed by atoms with Crippen molar-refractivity contribution in [2.45, 2.75) is 0 Å². The lowest BCUT2D eigenvalue weighted by Crippen LogP contribution is -2.05. The van der Waals surface area contributed by atoms with Crippen molar-refractivity contribution in [2.75, 3.05) is 14.2 Å². The van der Waals surface area contributed by atoms with Crippen LogP contribution < -0.4 is 0 Å². The van der Waals surface area contributed by atoms with Crippen LogP contribution in [0.4, 0.5) is 0 Å². The van der Waals surface area contributed by atoms with Crippen LogP contribution in [0, 0.1) is 16.2 Å². The highest BCUT2D eigenvalue weighted by Gasteiger charge is 2.17. The van der Waals surface area contributed by atoms with Gasteiger partial charge < -0.3 is 9.05 Å². The molecule has 0 aromatic carbocycles. The lowest BCUT2D eigenvalue weighted by molar-refractivity contribution is -0.448. The van der Waals surface area contributed by atoms with E-state index in [1.54, 1.807) is 0 Å². The maximum absolute atomic E-state index is 11.7. The van der Waals surface area contributed by atoms with Gasteiger partial charge in [-0.2, -0.15) is 12.2 Å². The van der Waals surface area contributed by atoms with Crippen LogP contribution in [0.5, 0.6) is 0 Å². The molecule has 0 aliphatic heterocycles. The summed E-state index contributed by atoms with van der Waals surface area (Å²) in [6.07, 6.45) is 5.59. The summed E-state index contributed by atoms with van der Waals surface area (Å²) in [7, 11) is -0.697. The van der Waals surface area contributed by atoms with E-state index in [1.807, 2.05) is 0 Å². The molecule has 0 unspecified atom stereocenters. The quantitative estimate of drug-likeness (QED) is 0.328. The normalized spacial score (nSPS) is 15.4. The van der Waals surface area contributed by atoms with E-state index in [2.05, 4.69) is 0 Å². The average molecular weight is 244 g/mol. The first kappa shape index (κ1) is 12.7. The van der Waals surface area contributed by atoms with Gasteiger partial charge in [-0.15, -0.1) is 5.57 Å². The zero-order chi connectivity index (χ0) is 12.2. The van der Waals surface area contributed by atoms with Gasteiger partial charge in [-0.1, -0.05) is 12.2 Å². The molecule has 0 atom stereocenters. The third-order valence-electron chi connectivity index (χ3n) is 1.92. The standard InChI is InChI=1S/C9H11NO5P/c1-14-16(13,15-2)7-8-3-5-9(6-4-8)10(11)12/h3-7H,1-2H3/q-1. The fourth-order valence-electron chi connectivity index (χ4n) is 1.04. The van der Waals surface area contributed by atoms with Crippen LogP contribution in [0.25, 0.3) is 0 Å². The average Bonchev–Trinajstić information content (AvgIpc) is 2.29. The molecule has 0 fully saturated rings. The van der Waals surface area contributed by atoms with E-state index in [-0.39, 0.29) is 6.04 Å². The summed E-state index contributed by atoms with van der Waals surface area (Å²) >= 11 is 0. The van der Waals surface area contributed by atoms with Crippen molar-refractivity contribution in [3.63, 3.8) is 0 Å². The van der Waals surface area contributed by atoms with Gasteiger partial charge in [0.05, 0.1) is 0 Å². The zero-order valence-electron chi connectivity index (χ0n) is 8.82. The van der Waals surface area contributed by atoms with E-state index >= 15 is 0 Å². The number of allylic oxidation sites excluding steroid dienone is 3. The molecule has 1 rings (SSSR count). The van der Waals surface area contributed by atoms with Gasteiger partial charge in [-0.05, 0) is 0 Å². The molecule has 1 aliphatic rings. The van der Waals surface area contributed by atoms with Gasteiger partial charge in [0.15, 0.2) is 6.04 Å². The van der Waals surface area contributed by atoms with Crippen LogP contribution in [0.2, 0.25) is 0 Å². The summed E-state index contributed by atoms with van der Waals surface area (Å²) in [5, 5.41) is 10.4. The Hall–Kier alpha value is -1.36. The van der Waals surface area contributed by atoms with E-state index in [9.17, 15) is 14.7 Å². The maximum Gasteiger partial charge on any atom is 0.352 e. The minimum atomic E-state index is -3.24. The van der Waals surface area contributed by atoms with Crippen molar-refractivity contribution < 1.29 is 18.5 Å². The third-order valence-corrected chi connectivity index (χ3v) is 3.55. The molecule has 7 heteroatoms. The molecular formula is C9H11NO5P-. The van der Waals surface area contributed by atoms with E-state index in [1.165, 1.54) is 44.3 Å². The first-order valence-corrected chi connectivity index (χ1v) is 5.93. The lowest BCUT2D eigenvalue weighted by Gasteiger charge is -2.15. The molecule has 88 valence electrons. The SMILES string of the molecule is COP(=O)(C=C1C=C[C-]([N+](=O)[O-])C=C1)OC. The highest BCUT2D eigenvalue weighted by molar-refractivity contribution is 7.57. The van der Waals surface area contributed by atoms with Crippen LogP contribution in [-0.2, 0) is 13.6 Å². The molecule has 0 bridgehead atoms. The Balaban J connectivity index is 2.84. The molecular weight excluding hydrogens is 233 g/mol. The van der Waals surface area contributed by atoms with Crippen LogP contribution in [0.3, 0.4) is 0 Å². The van der Waals surface area contributed by atoms with Gasteiger partial charge in [0.25, 0.3) is 0 Å². The van der Waals surface area contributed by atoms with E-state index in [4.69, 9.17) is 9.05 Å². The minimum Gasteiger partial charge on any atom is -0.309 e. The molecule has 0 spiro atoms. The molecule has 0 aromatic heterocycles. The van der Waals surface area contributed by atoms with Gasteiger partial charge in [-0.3, -0.25) is 14.7 Å². The molecule has 0 aromatic rings. The fourth-order valence-corrected chi connectivity index (χ4v) is 1.94. The van der Waals surface area contributed by atoms with Crippen molar-refractivity contribution in [1.29, 1.82) is 0 Å². The Bertz CT molecular complexity index is 388. The Morgan fingerprint density at radius 1 is 1.38 bits per heavy atom. The van der Waals surface area contributed by atoms with E-state index in [0.717, 1.165) is 0 Å². The molecule has 0 heterocycles. The summed E-state index contributed by atoms with van der Waals surface area (Å²) in [6.45, 7) is 0. The van der Waals surface area contributed by atoms with Gasteiger partial charge in [0.1, 0.15) is 0 Å². The predicted molar refractivity (Wildman–Crippen MR) is 58.2 cm³/mol. The molecule has 0 saturated carbocycles. The number of hydrogen-bond acceptors (Lipinski definition) is 5. The third kappa shape index (κ3) is 3.06. The van der Waals surface area contributed by atoms with Crippen molar-refractivity contribution in [3.05, 3.63) is 51.9 Å². The van der Waals surface area contributed by atoms with Gasteiger partial charge in [0, 0.05) is 25.0 Å². The van der Waals surface area contributed by atoms with Crippen molar-refractivity contribution in [1.82, 2.24) is 0 Å². The summed E-state index contributed by atoms with van der Waals surface area (Å²) in [5.74, 6) is 1.30. The van der Waals surface area contributed by atoms with Crippen molar-refractivity contribution in [3.8, 4) is 0 Å². The Labute approximate surface area is 92.9 Å². The molecule has 0 amide bonds. The summed E-state index contributed by atoms with van der Waals surface area (Å²) < 4.78 is 21.1. The van der Waals surface area contributed by atoms with Gasteiger partial charge in [-0.25, -0.2) is 0 Å². The lowest BCUT2D eigenvalue weighted by atomic mass is 10.1. The first-order chi connectivity index (χ1) is 7.50. The maximum atomic E-state index is 11.7. The monoisotopic (exact) mass is 244 g/mol. The summed E-state index contributed by atoms with van der Waals surface area (Å²) in [5.41, 5.74) is 0.539.